The molecular weight excluding hydrogens is 314 g/mol. The minimum atomic E-state index is -0.662. The number of aliphatic hydroxyl groups excluding tert-OH is 2. The van der Waals surface area contributed by atoms with E-state index in [0.717, 1.165) is 16.8 Å². The minimum absolute atomic E-state index is 0.173. The average molecular weight is 343 g/mol. The minimum Gasteiger partial charge on any atom is -0.391 e. The molecule has 0 radical (unpaired) electrons. The molecule has 0 aliphatic carbocycles. The summed E-state index contributed by atoms with van der Waals surface area (Å²) in [4.78, 5) is 0. The van der Waals surface area contributed by atoms with Gasteiger partial charge in [-0.3, -0.25) is 0 Å². The highest BCUT2D eigenvalue weighted by molar-refractivity contribution is 5.45. The zero-order valence-corrected chi connectivity index (χ0v) is 15.3. The van der Waals surface area contributed by atoms with Crippen LogP contribution in [0.25, 0.3) is 0 Å². The Hall–Kier alpha value is -1.88. The molecule has 0 saturated carbocycles. The van der Waals surface area contributed by atoms with Gasteiger partial charge in [-0.1, -0.05) is 42.5 Å². The van der Waals surface area contributed by atoms with Crippen molar-refractivity contribution in [2.75, 3.05) is 11.9 Å². The molecule has 4 heteroatoms. The zero-order chi connectivity index (χ0) is 18.3. The Balaban J connectivity index is 1.82. The standard InChI is InChI=1S/C21H29NO3/c1-21(2,3)25-15-16-8-7-11-18(12-16)22-14-19(23)13-20(24)17-9-5-4-6-10-17/h4-12,19-20,22-24H,13-15H2,1-3H3. The maximum Gasteiger partial charge on any atom is 0.0815 e. The lowest BCUT2D eigenvalue weighted by molar-refractivity contribution is -0.0149. The summed E-state index contributed by atoms with van der Waals surface area (Å²) in [6.07, 6.45) is -1.00. The number of hydrogen-bond donors (Lipinski definition) is 3. The third-order valence-corrected chi connectivity index (χ3v) is 3.82. The number of nitrogens with one attached hydrogen (secondary N) is 1. The van der Waals surface area contributed by atoms with Crippen molar-refractivity contribution in [2.45, 2.75) is 51.6 Å². The van der Waals surface area contributed by atoms with Gasteiger partial charge in [-0.15, -0.1) is 0 Å². The summed E-state index contributed by atoms with van der Waals surface area (Å²) >= 11 is 0. The molecule has 0 aromatic heterocycles. The second-order valence-electron chi connectivity index (χ2n) is 7.30. The molecule has 25 heavy (non-hydrogen) atoms. The van der Waals surface area contributed by atoms with Crippen LogP contribution in [0.2, 0.25) is 0 Å². The fourth-order valence-electron chi connectivity index (χ4n) is 2.46. The number of anilines is 1. The number of benzene rings is 2. The van der Waals surface area contributed by atoms with Crippen molar-refractivity contribution in [2.24, 2.45) is 0 Å². The topological polar surface area (TPSA) is 61.7 Å². The summed E-state index contributed by atoms with van der Waals surface area (Å²) in [5, 5.41) is 23.6. The Labute approximate surface area is 150 Å². The molecule has 0 heterocycles. The van der Waals surface area contributed by atoms with Gasteiger partial charge < -0.3 is 20.3 Å². The van der Waals surface area contributed by atoms with Crippen molar-refractivity contribution in [3.05, 3.63) is 65.7 Å². The predicted molar refractivity (Wildman–Crippen MR) is 101 cm³/mol. The lowest BCUT2D eigenvalue weighted by atomic mass is 10.0. The summed E-state index contributed by atoms with van der Waals surface area (Å²) in [6, 6.07) is 17.4. The number of hydrogen-bond acceptors (Lipinski definition) is 4. The Morgan fingerprint density at radius 2 is 1.72 bits per heavy atom. The fraction of sp³-hybridized carbons (Fsp3) is 0.429. The average Bonchev–Trinajstić information content (AvgIpc) is 2.59. The molecule has 0 amide bonds. The summed E-state index contributed by atoms with van der Waals surface area (Å²) in [5.41, 5.74) is 2.66. The summed E-state index contributed by atoms with van der Waals surface area (Å²) < 4.78 is 5.79. The van der Waals surface area contributed by atoms with Gasteiger partial charge in [0.15, 0.2) is 0 Å². The molecule has 3 N–H and O–H groups in total. The molecule has 0 bridgehead atoms. The van der Waals surface area contributed by atoms with E-state index in [9.17, 15) is 10.2 Å². The van der Waals surface area contributed by atoms with Crippen LogP contribution in [-0.4, -0.2) is 28.5 Å². The zero-order valence-electron chi connectivity index (χ0n) is 15.3. The van der Waals surface area contributed by atoms with E-state index in [0.29, 0.717) is 19.6 Å². The molecule has 0 fully saturated rings. The first-order valence-electron chi connectivity index (χ1n) is 8.71. The van der Waals surface area contributed by atoms with Crippen LogP contribution >= 0.6 is 0 Å². The number of ether oxygens (including phenoxy) is 1. The van der Waals surface area contributed by atoms with Gasteiger partial charge in [0.25, 0.3) is 0 Å². The van der Waals surface area contributed by atoms with Gasteiger partial charge in [-0.05, 0) is 44.0 Å². The van der Waals surface area contributed by atoms with Crippen LogP contribution < -0.4 is 5.32 Å². The first kappa shape index (κ1) is 19.4. The van der Waals surface area contributed by atoms with Gasteiger partial charge >= 0.3 is 0 Å². The van der Waals surface area contributed by atoms with Crippen molar-refractivity contribution in [1.82, 2.24) is 0 Å². The molecule has 136 valence electrons. The largest absolute Gasteiger partial charge is 0.391 e. The highest BCUT2D eigenvalue weighted by Gasteiger charge is 2.14. The second kappa shape index (κ2) is 8.99. The quantitative estimate of drug-likeness (QED) is 0.680. The molecule has 0 saturated heterocycles. The van der Waals surface area contributed by atoms with Crippen LogP contribution in [0.15, 0.2) is 54.6 Å². The predicted octanol–water partition coefficient (Wildman–Crippen LogP) is 3.90. The maximum absolute atomic E-state index is 10.2. The normalized spacial score (nSPS) is 14.1. The molecule has 2 aromatic rings. The van der Waals surface area contributed by atoms with Gasteiger partial charge in [-0.2, -0.15) is 0 Å². The van der Waals surface area contributed by atoms with Crippen molar-refractivity contribution in [1.29, 1.82) is 0 Å². The monoisotopic (exact) mass is 343 g/mol. The highest BCUT2D eigenvalue weighted by Crippen LogP contribution is 2.19. The maximum atomic E-state index is 10.2. The molecule has 0 aliphatic heterocycles. The fourth-order valence-corrected chi connectivity index (χ4v) is 2.46. The van der Waals surface area contributed by atoms with E-state index in [2.05, 4.69) is 5.32 Å². The molecule has 0 aliphatic rings. The number of aliphatic hydroxyl groups is 2. The van der Waals surface area contributed by atoms with E-state index >= 15 is 0 Å². The Kier molecular flexibility index (Phi) is 7.00. The lowest BCUT2D eigenvalue weighted by Gasteiger charge is -2.20. The third kappa shape index (κ3) is 7.26. The Morgan fingerprint density at radius 3 is 2.40 bits per heavy atom. The molecule has 2 unspecified atom stereocenters. The van der Waals surface area contributed by atoms with Crippen LogP contribution in [0, 0.1) is 0 Å². The third-order valence-electron chi connectivity index (χ3n) is 3.82. The van der Waals surface area contributed by atoms with E-state index in [4.69, 9.17) is 4.74 Å². The van der Waals surface area contributed by atoms with Crippen LogP contribution in [0.3, 0.4) is 0 Å². The van der Waals surface area contributed by atoms with E-state index < -0.39 is 12.2 Å². The smallest absolute Gasteiger partial charge is 0.0815 e. The van der Waals surface area contributed by atoms with E-state index in [1.165, 1.54) is 0 Å². The highest BCUT2D eigenvalue weighted by atomic mass is 16.5. The summed E-state index contributed by atoms with van der Waals surface area (Å²) in [7, 11) is 0. The van der Waals surface area contributed by atoms with Crippen LogP contribution in [0.4, 0.5) is 5.69 Å². The van der Waals surface area contributed by atoms with Gasteiger partial charge in [0, 0.05) is 18.7 Å². The molecule has 2 atom stereocenters. The molecular formula is C21H29NO3. The first-order chi connectivity index (χ1) is 11.8. The van der Waals surface area contributed by atoms with Crippen LogP contribution in [0.1, 0.15) is 44.4 Å². The molecule has 4 nitrogen and oxygen atoms in total. The lowest BCUT2D eigenvalue weighted by Crippen LogP contribution is -2.22. The van der Waals surface area contributed by atoms with Crippen molar-refractivity contribution in [3.8, 4) is 0 Å². The van der Waals surface area contributed by atoms with E-state index in [1.807, 2.05) is 75.4 Å². The summed E-state index contributed by atoms with van der Waals surface area (Å²) in [6.45, 7) is 7.03. The van der Waals surface area contributed by atoms with Gasteiger partial charge in [-0.25, -0.2) is 0 Å². The van der Waals surface area contributed by atoms with Gasteiger partial charge in [0.05, 0.1) is 24.4 Å². The Bertz CT molecular complexity index is 637. The second-order valence-corrected chi connectivity index (χ2v) is 7.30. The van der Waals surface area contributed by atoms with Crippen LogP contribution in [-0.2, 0) is 11.3 Å². The Morgan fingerprint density at radius 1 is 1.00 bits per heavy atom. The molecule has 0 spiro atoms. The van der Waals surface area contributed by atoms with E-state index in [-0.39, 0.29) is 5.60 Å². The van der Waals surface area contributed by atoms with Crippen molar-refractivity contribution in [3.63, 3.8) is 0 Å². The van der Waals surface area contributed by atoms with E-state index in [1.54, 1.807) is 0 Å². The summed E-state index contributed by atoms with van der Waals surface area (Å²) in [5.74, 6) is 0. The van der Waals surface area contributed by atoms with Crippen LogP contribution in [0.5, 0.6) is 0 Å². The SMILES string of the molecule is CC(C)(C)OCc1cccc(NCC(O)CC(O)c2ccccc2)c1. The van der Waals surface area contributed by atoms with Crippen molar-refractivity contribution >= 4 is 5.69 Å². The molecule has 2 rings (SSSR count). The first-order valence-corrected chi connectivity index (χ1v) is 8.71. The van der Waals surface area contributed by atoms with Gasteiger partial charge in [0.1, 0.15) is 0 Å². The van der Waals surface area contributed by atoms with Gasteiger partial charge in [0.2, 0.25) is 0 Å². The number of rotatable bonds is 8. The molecule has 2 aromatic carbocycles. The van der Waals surface area contributed by atoms with Crippen molar-refractivity contribution < 1.29 is 14.9 Å².